The number of carbonyl (C=O) groups excluding carboxylic acids is 2. The number of carbonyl (C=O) groups is 2. The zero-order valence-electron chi connectivity index (χ0n) is 18.3. The molecule has 32 heavy (non-hydrogen) atoms. The van der Waals surface area contributed by atoms with E-state index in [2.05, 4.69) is 15.1 Å². The van der Waals surface area contributed by atoms with Crippen LogP contribution in [0.3, 0.4) is 0 Å². The lowest BCUT2D eigenvalue weighted by atomic mass is 10.2. The summed E-state index contributed by atoms with van der Waals surface area (Å²) >= 11 is 1.09. The molecule has 1 aromatic carbocycles. The highest BCUT2D eigenvalue weighted by Gasteiger charge is 2.24. The van der Waals surface area contributed by atoms with Crippen molar-refractivity contribution in [1.29, 1.82) is 0 Å². The molecule has 3 aromatic rings. The topological polar surface area (TPSA) is 98.4 Å². The minimum Gasteiger partial charge on any atom is -0.462 e. The van der Waals surface area contributed by atoms with E-state index in [9.17, 15) is 14.0 Å². The summed E-state index contributed by atoms with van der Waals surface area (Å²) in [6, 6.07) is 5.89. The first-order chi connectivity index (χ1) is 15.4. The lowest BCUT2D eigenvalue weighted by molar-refractivity contribution is -0.118. The van der Waals surface area contributed by atoms with Gasteiger partial charge in [0.1, 0.15) is 10.7 Å². The third-order valence-corrected chi connectivity index (χ3v) is 5.73. The standard InChI is InChI=1S/C22H25FN4O4S/c1-4-6-17-25-18(31-26-17)11-12-19(28)27(13-15-7-9-16(23)10-8-15)22-24-14(3)20(32-22)21(29)30-5-2/h7-10H,4-6,11-13H2,1-3H3. The molecule has 2 aromatic heterocycles. The molecule has 2 heterocycles. The number of halogens is 1. The first-order valence-electron chi connectivity index (χ1n) is 10.4. The van der Waals surface area contributed by atoms with Crippen LogP contribution < -0.4 is 4.90 Å². The van der Waals surface area contributed by atoms with Crippen molar-refractivity contribution in [2.75, 3.05) is 11.5 Å². The summed E-state index contributed by atoms with van der Waals surface area (Å²) in [6.45, 7) is 5.87. The minimum absolute atomic E-state index is 0.113. The molecule has 0 atom stereocenters. The number of aromatic nitrogens is 3. The predicted octanol–water partition coefficient (Wildman–Crippen LogP) is 4.27. The Labute approximate surface area is 189 Å². The van der Waals surface area contributed by atoms with Crippen LogP contribution >= 0.6 is 11.3 Å². The van der Waals surface area contributed by atoms with Gasteiger partial charge >= 0.3 is 5.97 Å². The van der Waals surface area contributed by atoms with Gasteiger partial charge in [-0.15, -0.1) is 0 Å². The monoisotopic (exact) mass is 460 g/mol. The Morgan fingerprint density at radius 2 is 1.91 bits per heavy atom. The fourth-order valence-corrected chi connectivity index (χ4v) is 3.96. The van der Waals surface area contributed by atoms with Crippen LogP contribution in [0.4, 0.5) is 9.52 Å². The van der Waals surface area contributed by atoms with E-state index in [1.807, 2.05) is 6.92 Å². The highest BCUT2D eigenvalue weighted by atomic mass is 32.1. The second-order valence-electron chi connectivity index (χ2n) is 7.09. The van der Waals surface area contributed by atoms with Crippen LogP contribution in [0.5, 0.6) is 0 Å². The van der Waals surface area contributed by atoms with E-state index >= 15 is 0 Å². The van der Waals surface area contributed by atoms with Gasteiger partial charge in [0, 0.05) is 19.3 Å². The van der Waals surface area contributed by atoms with Crippen LogP contribution in [0.1, 0.15) is 59.3 Å². The number of aryl methyl sites for hydroxylation is 3. The maximum Gasteiger partial charge on any atom is 0.350 e. The molecule has 0 aliphatic heterocycles. The number of nitrogens with zero attached hydrogens (tertiary/aromatic N) is 4. The SMILES string of the molecule is CCCc1noc(CCC(=O)N(Cc2ccc(F)cc2)c2nc(C)c(C(=O)OCC)s2)n1. The van der Waals surface area contributed by atoms with Crippen molar-refractivity contribution in [2.45, 2.75) is 53.0 Å². The van der Waals surface area contributed by atoms with Crippen molar-refractivity contribution < 1.29 is 23.2 Å². The highest BCUT2D eigenvalue weighted by molar-refractivity contribution is 7.17. The van der Waals surface area contributed by atoms with Crippen molar-refractivity contribution in [3.05, 3.63) is 57.9 Å². The Morgan fingerprint density at radius 3 is 2.59 bits per heavy atom. The molecule has 0 bridgehead atoms. The van der Waals surface area contributed by atoms with Crippen LogP contribution in [0, 0.1) is 12.7 Å². The quantitative estimate of drug-likeness (QED) is 0.417. The van der Waals surface area contributed by atoms with E-state index in [0.717, 1.165) is 23.3 Å². The maximum absolute atomic E-state index is 13.3. The number of ether oxygens (including phenoxy) is 1. The third kappa shape index (κ3) is 5.97. The van der Waals surface area contributed by atoms with Crippen molar-refractivity contribution in [3.63, 3.8) is 0 Å². The van der Waals surface area contributed by atoms with Gasteiger partial charge in [-0.25, -0.2) is 14.2 Å². The Balaban J connectivity index is 1.81. The number of amides is 1. The molecular weight excluding hydrogens is 435 g/mol. The van der Waals surface area contributed by atoms with Gasteiger partial charge in [0.2, 0.25) is 11.8 Å². The third-order valence-electron chi connectivity index (χ3n) is 4.57. The molecule has 0 saturated heterocycles. The molecule has 8 nitrogen and oxygen atoms in total. The number of thiazole rings is 1. The average molecular weight is 461 g/mol. The minimum atomic E-state index is -0.475. The van der Waals surface area contributed by atoms with Gasteiger partial charge in [0.05, 0.1) is 18.8 Å². The van der Waals surface area contributed by atoms with Gasteiger partial charge in [0.25, 0.3) is 0 Å². The summed E-state index contributed by atoms with van der Waals surface area (Å²) in [4.78, 5) is 35.9. The highest BCUT2D eigenvalue weighted by Crippen LogP contribution is 2.29. The molecule has 0 saturated carbocycles. The molecule has 0 radical (unpaired) electrons. The number of benzene rings is 1. The summed E-state index contributed by atoms with van der Waals surface area (Å²) in [5.74, 6) is -0.0506. The van der Waals surface area contributed by atoms with E-state index in [4.69, 9.17) is 9.26 Å². The first-order valence-corrected chi connectivity index (χ1v) is 11.2. The van der Waals surface area contributed by atoms with E-state index in [-0.39, 0.29) is 37.7 Å². The van der Waals surface area contributed by atoms with E-state index in [1.54, 1.807) is 26.0 Å². The largest absolute Gasteiger partial charge is 0.462 e. The summed E-state index contributed by atoms with van der Waals surface area (Å²) in [7, 11) is 0. The molecule has 0 aliphatic rings. The Bertz CT molecular complexity index is 1060. The lowest BCUT2D eigenvalue weighted by Gasteiger charge is -2.20. The van der Waals surface area contributed by atoms with Crippen LogP contribution in [-0.2, 0) is 28.9 Å². The van der Waals surface area contributed by atoms with Crippen molar-refractivity contribution >= 4 is 28.3 Å². The number of rotatable bonds is 10. The van der Waals surface area contributed by atoms with Gasteiger partial charge < -0.3 is 9.26 Å². The van der Waals surface area contributed by atoms with E-state index < -0.39 is 5.97 Å². The zero-order chi connectivity index (χ0) is 23.1. The van der Waals surface area contributed by atoms with Crippen LogP contribution in [0.25, 0.3) is 0 Å². The fraction of sp³-hybridized carbons (Fsp3) is 0.409. The van der Waals surface area contributed by atoms with Gasteiger partial charge in [-0.2, -0.15) is 4.98 Å². The summed E-state index contributed by atoms with van der Waals surface area (Å²) in [5, 5.41) is 4.28. The normalized spacial score (nSPS) is 10.9. The molecule has 0 N–H and O–H groups in total. The summed E-state index contributed by atoms with van der Waals surface area (Å²) in [5.41, 5.74) is 1.22. The number of hydrogen-bond donors (Lipinski definition) is 0. The molecule has 170 valence electrons. The van der Waals surface area contributed by atoms with Gasteiger partial charge in [-0.1, -0.05) is 35.5 Å². The van der Waals surface area contributed by atoms with Crippen molar-refractivity contribution in [2.24, 2.45) is 0 Å². The molecule has 0 unspecified atom stereocenters. The molecule has 0 fully saturated rings. The van der Waals surface area contributed by atoms with Crippen LogP contribution in [-0.4, -0.2) is 33.6 Å². The van der Waals surface area contributed by atoms with E-state index in [0.29, 0.717) is 33.8 Å². The molecule has 3 rings (SSSR count). The summed E-state index contributed by atoms with van der Waals surface area (Å²) in [6.07, 6.45) is 2.01. The molecular formula is C22H25FN4O4S. The second-order valence-corrected chi connectivity index (χ2v) is 8.07. The number of hydrogen-bond acceptors (Lipinski definition) is 8. The van der Waals surface area contributed by atoms with Crippen molar-refractivity contribution in [1.82, 2.24) is 15.1 Å². The number of esters is 1. The second kappa shape index (κ2) is 10.9. The lowest BCUT2D eigenvalue weighted by Crippen LogP contribution is -2.30. The smallest absolute Gasteiger partial charge is 0.350 e. The summed E-state index contributed by atoms with van der Waals surface area (Å²) < 4.78 is 23.6. The fourth-order valence-electron chi connectivity index (χ4n) is 2.98. The van der Waals surface area contributed by atoms with Gasteiger partial charge in [0.15, 0.2) is 11.0 Å². The van der Waals surface area contributed by atoms with Gasteiger partial charge in [-0.05, 0) is 38.0 Å². The van der Waals surface area contributed by atoms with Crippen molar-refractivity contribution in [3.8, 4) is 0 Å². The first kappa shape index (κ1) is 23.5. The Morgan fingerprint density at radius 1 is 1.16 bits per heavy atom. The Kier molecular flexibility index (Phi) is 8.04. The molecule has 0 aliphatic carbocycles. The van der Waals surface area contributed by atoms with Gasteiger partial charge in [-0.3, -0.25) is 9.69 Å². The Hall–Kier alpha value is -3.14. The molecule has 0 spiro atoms. The molecule has 1 amide bonds. The van der Waals surface area contributed by atoms with Crippen LogP contribution in [0.15, 0.2) is 28.8 Å². The molecule has 10 heteroatoms. The van der Waals surface area contributed by atoms with E-state index in [1.165, 1.54) is 17.0 Å². The maximum atomic E-state index is 13.3. The van der Waals surface area contributed by atoms with Crippen LogP contribution in [0.2, 0.25) is 0 Å². The average Bonchev–Trinajstić information content (AvgIpc) is 3.38. The zero-order valence-corrected chi connectivity index (χ0v) is 19.1. The number of anilines is 1. The predicted molar refractivity (Wildman–Crippen MR) is 117 cm³/mol.